The maximum Gasteiger partial charge on any atom is 0.247 e. The zero-order chi connectivity index (χ0) is 21.3. The van der Waals surface area contributed by atoms with E-state index in [9.17, 15) is 9.18 Å². The second-order valence-electron chi connectivity index (χ2n) is 7.51. The van der Waals surface area contributed by atoms with Crippen molar-refractivity contribution in [3.8, 4) is 0 Å². The van der Waals surface area contributed by atoms with E-state index in [1.807, 2.05) is 32.0 Å². The Morgan fingerprint density at radius 3 is 2.71 bits per heavy atom. The number of halogens is 1. The highest BCUT2D eigenvalue weighted by Gasteiger charge is 2.32. The number of amides is 1. The van der Waals surface area contributed by atoms with Gasteiger partial charge in [0, 0.05) is 25.9 Å². The smallest absolute Gasteiger partial charge is 0.247 e. The van der Waals surface area contributed by atoms with Gasteiger partial charge in [0.05, 0.1) is 24.6 Å². The molecule has 0 saturated heterocycles. The fraction of sp³-hybridized carbons (Fsp3) is 0.381. The molecule has 0 aliphatic carbocycles. The third kappa shape index (κ3) is 4.84. The Labute approximate surface area is 187 Å². The van der Waals surface area contributed by atoms with Crippen LogP contribution in [0.4, 0.5) is 15.9 Å². The summed E-state index contributed by atoms with van der Waals surface area (Å²) in [7, 11) is 1.90. The lowest BCUT2D eigenvalue weighted by Gasteiger charge is -2.34. The molecular formula is C21H26FN7OS. The van der Waals surface area contributed by atoms with Crippen LogP contribution in [0.15, 0.2) is 30.9 Å². The molecule has 10 heteroatoms. The molecule has 31 heavy (non-hydrogen) atoms. The topological polar surface area (TPSA) is 88.8 Å². The molecule has 1 N–H and O–H groups in total. The van der Waals surface area contributed by atoms with E-state index in [1.54, 1.807) is 17.1 Å². The number of carbonyl (C=O) groups excluding carboxylic acids is 1. The second kappa shape index (κ2) is 9.42. The molecule has 0 radical (unpaired) electrons. The normalized spacial score (nSPS) is 15.3. The molecule has 0 aromatic carbocycles. The first-order chi connectivity index (χ1) is 14.4. The van der Waals surface area contributed by atoms with Gasteiger partial charge in [-0.2, -0.15) is 18.6 Å². The molecule has 0 fully saturated rings. The van der Waals surface area contributed by atoms with Crippen molar-refractivity contribution < 1.29 is 9.18 Å². The molecule has 0 bridgehead atoms. The minimum absolute atomic E-state index is 0. The molecule has 0 saturated carbocycles. The van der Waals surface area contributed by atoms with Crippen LogP contribution in [0.3, 0.4) is 0 Å². The van der Waals surface area contributed by atoms with E-state index in [0.717, 1.165) is 34.9 Å². The molecule has 8 nitrogen and oxygen atoms in total. The first kappa shape index (κ1) is 22.7. The minimum Gasteiger partial charge on any atom is -0.346 e. The molecule has 4 heterocycles. The average Bonchev–Trinajstić information content (AvgIpc) is 3.15. The average molecular weight is 444 g/mol. The van der Waals surface area contributed by atoms with Gasteiger partial charge in [-0.05, 0) is 37.0 Å². The molecule has 4 rings (SSSR count). The minimum atomic E-state index is -0.355. The molecule has 1 atom stereocenters. The van der Waals surface area contributed by atoms with Crippen molar-refractivity contribution in [3.05, 3.63) is 59.3 Å². The summed E-state index contributed by atoms with van der Waals surface area (Å²) in [6, 6.07) is 1.23. The monoisotopic (exact) mass is 443 g/mol. The number of rotatable bonds is 6. The number of pyridine rings is 1. The first-order valence-corrected chi connectivity index (χ1v) is 9.96. The lowest BCUT2D eigenvalue weighted by Crippen LogP contribution is -2.46. The largest absolute Gasteiger partial charge is 0.346 e. The van der Waals surface area contributed by atoms with Crippen molar-refractivity contribution in [2.45, 2.75) is 45.7 Å². The Morgan fingerprint density at radius 1 is 1.16 bits per heavy atom. The first-order valence-electron chi connectivity index (χ1n) is 9.96. The van der Waals surface area contributed by atoms with E-state index in [-0.39, 0.29) is 31.3 Å². The van der Waals surface area contributed by atoms with E-state index in [0.29, 0.717) is 25.1 Å². The summed E-state index contributed by atoms with van der Waals surface area (Å²) in [4.78, 5) is 27.3. The van der Waals surface area contributed by atoms with Crippen LogP contribution in [0.2, 0.25) is 0 Å². The fourth-order valence-corrected chi connectivity index (χ4v) is 3.72. The number of anilines is 2. The van der Waals surface area contributed by atoms with Gasteiger partial charge < -0.3 is 10.2 Å². The van der Waals surface area contributed by atoms with Crippen molar-refractivity contribution in [2.75, 3.05) is 17.3 Å². The van der Waals surface area contributed by atoms with Crippen molar-refractivity contribution in [2.24, 2.45) is 0 Å². The molecule has 3 aromatic heterocycles. The van der Waals surface area contributed by atoms with Gasteiger partial charge in [0.25, 0.3) is 0 Å². The van der Waals surface area contributed by atoms with Crippen LogP contribution < -0.4 is 10.2 Å². The highest BCUT2D eigenvalue weighted by atomic mass is 32.1. The van der Waals surface area contributed by atoms with E-state index in [2.05, 4.69) is 20.4 Å². The standard InChI is InChI=1S/C21H24FN7O.H2S/c1-4-17-21(30)27-19-13(2)25-18(26-20(19)28(17)3)6-5-14-9-24-29(11-14)12-15-7-16(22)10-23-8-15;/h7-11,17H,4-6,12H2,1-3H3,(H,27,30);1H2/t17-;/m0./s1. The van der Waals surface area contributed by atoms with Gasteiger partial charge in [-0.15, -0.1) is 0 Å². The summed E-state index contributed by atoms with van der Waals surface area (Å²) in [6.45, 7) is 4.33. The fourth-order valence-electron chi connectivity index (χ4n) is 3.72. The SMILES string of the molecule is CC[C@H]1C(=O)Nc2c(C)nc(CCc3cnn(Cc4cncc(F)c4)c3)nc2N1C.S. The number of aromatic nitrogens is 5. The predicted octanol–water partition coefficient (Wildman–Crippen LogP) is 2.63. The summed E-state index contributed by atoms with van der Waals surface area (Å²) < 4.78 is 15.1. The Hall–Kier alpha value is -3.01. The number of aryl methyl sites for hydroxylation is 3. The Morgan fingerprint density at radius 2 is 1.97 bits per heavy atom. The van der Waals surface area contributed by atoms with E-state index in [1.165, 1.54) is 12.3 Å². The maximum atomic E-state index is 13.3. The number of carbonyl (C=O) groups is 1. The van der Waals surface area contributed by atoms with Gasteiger partial charge in [0.15, 0.2) is 5.82 Å². The highest BCUT2D eigenvalue weighted by Crippen LogP contribution is 2.32. The number of hydrogen-bond donors (Lipinski definition) is 1. The lowest BCUT2D eigenvalue weighted by atomic mass is 10.1. The van der Waals surface area contributed by atoms with E-state index in [4.69, 9.17) is 4.98 Å². The summed E-state index contributed by atoms with van der Waals surface area (Å²) in [5, 5.41) is 7.29. The molecule has 164 valence electrons. The van der Waals surface area contributed by atoms with Gasteiger partial charge in [0.2, 0.25) is 5.91 Å². The summed E-state index contributed by atoms with van der Waals surface area (Å²) in [5.74, 6) is 1.11. The number of hydrogen-bond acceptors (Lipinski definition) is 6. The Bertz CT molecular complexity index is 1090. The van der Waals surface area contributed by atoms with Gasteiger partial charge in [-0.1, -0.05) is 6.92 Å². The van der Waals surface area contributed by atoms with Crippen LogP contribution in [0.25, 0.3) is 0 Å². The number of likely N-dealkylation sites (N-methyl/N-ethyl adjacent to an activating group) is 1. The second-order valence-corrected chi connectivity index (χ2v) is 7.51. The molecule has 3 aromatic rings. The van der Waals surface area contributed by atoms with Crippen LogP contribution in [0, 0.1) is 12.7 Å². The van der Waals surface area contributed by atoms with Crippen LogP contribution in [0.5, 0.6) is 0 Å². The van der Waals surface area contributed by atoms with Crippen LogP contribution >= 0.6 is 13.5 Å². The molecular weight excluding hydrogens is 417 g/mol. The quantitative estimate of drug-likeness (QED) is 0.630. The lowest BCUT2D eigenvalue weighted by molar-refractivity contribution is -0.117. The maximum absolute atomic E-state index is 13.3. The predicted molar refractivity (Wildman–Crippen MR) is 121 cm³/mol. The molecule has 1 aliphatic heterocycles. The Balaban J connectivity index is 0.00000272. The van der Waals surface area contributed by atoms with Crippen LogP contribution in [-0.4, -0.2) is 43.7 Å². The van der Waals surface area contributed by atoms with Gasteiger partial charge in [-0.3, -0.25) is 14.5 Å². The number of fused-ring (bicyclic) bond motifs is 1. The van der Waals surface area contributed by atoms with Crippen molar-refractivity contribution in [1.82, 2.24) is 24.7 Å². The third-order valence-corrected chi connectivity index (χ3v) is 5.29. The Kier molecular flexibility index (Phi) is 6.89. The molecule has 1 aliphatic rings. The summed E-state index contributed by atoms with van der Waals surface area (Å²) in [5.41, 5.74) is 3.26. The number of nitrogens with zero attached hydrogens (tertiary/aromatic N) is 6. The summed E-state index contributed by atoms with van der Waals surface area (Å²) in [6.07, 6.45) is 8.65. The van der Waals surface area contributed by atoms with Gasteiger partial charge in [-0.25, -0.2) is 14.4 Å². The summed E-state index contributed by atoms with van der Waals surface area (Å²) >= 11 is 0. The van der Waals surface area contributed by atoms with E-state index < -0.39 is 0 Å². The van der Waals surface area contributed by atoms with Crippen molar-refractivity contribution >= 4 is 30.9 Å². The highest BCUT2D eigenvalue weighted by molar-refractivity contribution is 7.59. The van der Waals surface area contributed by atoms with E-state index >= 15 is 0 Å². The zero-order valence-electron chi connectivity index (χ0n) is 17.8. The van der Waals surface area contributed by atoms with Crippen molar-refractivity contribution in [1.29, 1.82) is 0 Å². The molecule has 1 amide bonds. The van der Waals surface area contributed by atoms with Gasteiger partial charge in [0.1, 0.15) is 23.4 Å². The molecule has 0 spiro atoms. The van der Waals surface area contributed by atoms with Crippen LogP contribution in [0.1, 0.15) is 36.0 Å². The molecule has 0 unspecified atom stereocenters. The van der Waals surface area contributed by atoms with Crippen LogP contribution in [-0.2, 0) is 24.2 Å². The van der Waals surface area contributed by atoms with Crippen molar-refractivity contribution in [3.63, 3.8) is 0 Å². The number of nitrogens with one attached hydrogen (secondary N) is 1. The van der Waals surface area contributed by atoms with Gasteiger partial charge >= 0.3 is 0 Å². The zero-order valence-corrected chi connectivity index (χ0v) is 18.8. The third-order valence-electron chi connectivity index (χ3n) is 5.29.